The maximum absolute atomic E-state index is 12.2. The molecule has 2 nitrogen and oxygen atoms in total. The van der Waals surface area contributed by atoms with Gasteiger partial charge in [0.05, 0.1) is 0 Å². The highest BCUT2D eigenvalue weighted by molar-refractivity contribution is 6.30. The van der Waals surface area contributed by atoms with Crippen molar-refractivity contribution in [2.45, 2.75) is 6.18 Å². The van der Waals surface area contributed by atoms with Crippen molar-refractivity contribution < 1.29 is 18.0 Å². The number of ketones is 1. The molecule has 0 aromatic heterocycles. The zero-order valence-electron chi connectivity index (χ0n) is 9.75. The summed E-state index contributed by atoms with van der Waals surface area (Å²) in [6, 6.07) is 6.20. The summed E-state index contributed by atoms with van der Waals surface area (Å²) in [5, 5.41) is 0.471. The molecule has 0 atom stereocenters. The summed E-state index contributed by atoms with van der Waals surface area (Å²) in [5.74, 6) is -1.89. The van der Waals surface area contributed by atoms with Gasteiger partial charge in [-0.05, 0) is 17.7 Å². The molecule has 0 aliphatic heterocycles. The van der Waals surface area contributed by atoms with Crippen LogP contribution in [0.5, 0.6) is 0 Å². The fraction of sp³-hybridized carbons (Fsp3) is 0.250. The highest BCUT2D eigenvalue weighted by atomic mass is 35.5. The molecule has 0 amide bonds. The largest absolute Gasteiger partial charge is 0.454 e. The third-order valence-electron chi connectivity index (χ3n) is 2.17. The Kier molecular flexibility index (Phi) is 4.40. The van der Waals surface area contributed by atoms with Crippen LogP contribution >= 0.6 is 11.6 Å². The first kappa shape index (κ1) is 14.6. The molecule has 6 heteroatoms. The predicted octanol–water partition coefficient (Wildman–Crippen LogP) is 3.37. The quantitative estimate of drug-likeness (QED) is 0.790. The minimum Gasteiger partial charge on any atom is -0.377 e. The Hall–Kier alpha value is -1.49. The number of hydrogen-bond acceptors (Lipinski definition) is 2. The number of hydrogen-bond donors (Lipinski definition) is 0. The van der Waals surface area contributed by atoms with Crippen molar-refractivity contribution >= 4 is 23.1 Å². The second-order valence-corrected chi connectivity index (χ2v) is 4.23. The second-order valence-electron chi connectivity index (χ2n) is 3.79. The van der Waals surface area contributed by atoms with Gasteiger partial charge in [0.25, 0.3) is 5.78 Å². The molecule has 1 rings (SSSR count). The normalized spacial score (nSPS) is 12.4. The van der Waals surface area contributed by atoms with Gasteiger partial charge in [-0.25, -0.2) is 0 Å². The fourth-order valence-corrected chi connectivity index (χ4v) is 1.42. The van der Waals surface area contributed by atoms with E-state index in [1.807, 2.05) is 0 Å². The first-order chi connectivity index (χ1) is 8.21. The summed E-state index contributed by atoms with van der Waals surface area (Å²) >= 11 is 5.69. The number of carbonyl (C=O) groups is 1. The van der Waals surface area contributed by atoms with E-state index in [-0.39, 0.29) is 5.70 Å². The van der Waals surface area contributed by atoms with E-state index in [9.17, 15) is 18.0 Å². The molecule has 0 radical (unpaired) electrons. The van der Waals surface area contributed by atoms with Gasteiger partial charge in [-0.2, -0.15) is 13.2 Å². The Morgan fingerprint density at radius 2 is 1.72 bits per heavy atom. The van der Waals surface area contributed by atoms with Crippen LogP contribution < -0.4 is 0 Å². The smallest absolute Gasteiger partial charge is 0.377 e. The maximum Gasteiger partial charge on any atom is 0.454 e. The zero-order chi connectivity index (χ0) is 13.9. The van der Waals surface area contributed by atoms with Crippen LogP contribution in [0.15, 0.2) is 30.3 Å². The van der Waals surface area contributed by atoms with E-state index < -0.39 is 12.0 Å². The number of benzene rings is 1. The topological polar surface area (TPSA) is 20.3 Å². The Bertz CT molecular complexity index is 463. The van der Waals surface area contributed by atoms with E-state index in [4.69, 9.17) is 11.6 Å². The number of rotatable bonds is 3. The van der Waals surface area contributed by atoms with Crippen molar-refractivity contribution in [1.29, 1.82) is 0 Å². The van der Waals surface area contributed by atoms with Crippen LogP contribution in [0.4, 0.5) is 13.2 Å². The van der Waals surface area contributed by atoms with Gasteiger partial charge >= 0.3 is 6.18 Å². The highest BCUT2D eigenvalue weighted by Gasteiger charge is 2.37. The van der Waals surface area contributed by atoms with Crippen molar-refractivity contribution in [3.8, 4) is 0 Å². The molecule has 0 saturated carbocycles. The Morgan fingerprint density at radius 1 is 1.22 bits per heavy atom. The van der Waals surface area contributed by atoms with Gasteiger partial charge in [0, 0.05) is 30.9 Å². The van der Waals surface area contributed by atoms with Gasteiger partial charge in [0.15, 0.2) is 0 Å². The van der Waals surface area contributed by atoms with E-state index in [0.717, 1.165) is 0 Å². The van der Waals surface area contributed by atoms with Crippen LogP contribution in [-0.4, -0.2) is 31.0 Å². The number of carbonyl (C=O) groups excluding carboxylic acids is 1. The van der Waals surface area contributed by atoms with Crippen molar-refractivity contribution in [2.75, 3.05) is 14.1 Å². The van der Waals surface area contributed by atoms with Crippen molar-refractivity contribution in [3.63, 3.8) is 0 Å². The molecule has 0 spiro atoms. The third-order valence-corrected chi connectivity index (χ3v) is 2.42. The molecule has 1 aromatic rings. The Balaban J connectivity index is 3.15. The average Bonchev–Trinajstić information content (AvgIpc) is 2.25. The lowest BCUT2D eigenvalue weighted by atomic mass is 10.1. The zero-order valence-corrected chi connectivity index (χ0v) is 10.5. The van der Waals surface area contributed by atoms with E-state index in [0.29, 0.717) is 16.7 Å². The molecular formula is C12H11ClF3NO. The van der Waals surface area contributed by atoms with Gasteiger partial charge in [-0.3, -0.25) is 4.79 Å². The van der Waals surface area contributed by atoms with Crippen LogP contribution in [0, 0.1) is 0 Å². The van der Waals surface area contributed by atoms with Gasteiger partial charge in [0.1, 0.15) is 0 Å². The fourth-order valence-electron chi connectivity index (χ4n) is 1.30. The summed E-state index contributed by atoms with van der Waals surface area (Å²) in [5.41, 5.74) is 0.663. The Labute approximate surface area is 108 Å². The highest BCUT2D eigenvalue weighted by Crippen LogP contribution is 2.23. The summed E-state index contributed by atoms with van der Waals surface area (Å²) < 4.78 is 36.7. The molecule has 0 unspecified atom stereocenters. The van der Waals surface area contributed by atoms with Crippen molar-refractivity contribution in [1.82, 2.24) is 4.90 Å². The number of alkyl halides is 3. The van der Waals surface area contributed by atoms with Crippen LogP contribution in [0.2, 0.25) is 5.02 Å². The van der Waals surface area contributed by atoms with Crippen LogP contribution in [-0.2, 0) is 4.79 Å². The average molecular weight is 278 g/mol. The molecule has 0 saturated heterocycles. The summed E-state index contributed by atoms with van der Waals surface area (Å²) in [6.45, 7) is 0. The van der Waals surface area contributed by atoms with Gasteiger partial charge in [0.2, 0.25) is 0 Å². The minimum atomic E-state index is -4.87. The first-order valence-electron chi connectivity index (χ1n) is 4.98. The van der Waals surface area contributed by atoms with Crippen LogP contribution in [0.3, 0.4) is 0 Å². The minimum absolute atomic E-state index is 0.175. The van der Waals surface area contributed by atoms with E-state index in [2.05, 4.69) is 0 Å². The van der Waals surface area contributed by atoms with E-state index >= 15 is 0 Å². The number of nitrogens with zero attached hydrogens (tertiary/aromatic N) is 1. The molecule has 0 bridgehead atoms. The van der Waals surface area contributed by atoms with Crippen molar-refractivity contribution in [2.24, 2.45) is 0 Å². The number of halogens is 4. The molecule has 0 aliphatic carbocycles. The monoisotopic (exact) mass is 277 g/mol. The van der Waals surface area contributed by atoms with E-state index in [1.54, 1.807) is 38.4 Å². The third kappa shape index (κ3) is 3.77. The second kappa shape index (κ2) is 5.44. The van der Waals surface area contributed by atoms with Gasteiger partial charge in [-0.1, -0.05) is 23.7 Å². The molecular weight excluding hydrogens is 267 g/mol. The standard InChI is InChI=1S/C12H11ClF3NO/c1-17(2)10(7-11(18)12(14,15)16)8-3-5-9(13)6-4-8/h3-7H,1-2H3. The molecule has 1 aromatic carbocycles. The van der Waals surface area contributed by atoms with Crippen LogP contribution in [0.1, 0.15) is 5.56 Å². The molecule has 18 heavy (non-hydrogen) atoms. The molecule has 0 aliphatic rings. The predicted molar refractivity (Wildman–Crippen MR) is 64.2 cm³/mol. The SMILES string of the molecule is CN(C)C(=CC(=O)C(F)(F)F)c1ccc(Cl)cc1. The molecule has 0 heterocycles. The lowest BCUT2D eigenvalue weighted by Crippen LogP contribution is -2.22. The summed E-state index contributed by atoms with van der Waals surface area (Å²) in [4.78, 5) is 12.4. The number of allylic oxidation sites excluding steroid dienone is 1. The van der Waals surface area contributed by atoms with Crippen molar-refractivity contribution in [3.05, 3.63) is 40.9 Å². The summed E-state index contributed by atoms with van der Waals surface area (Å²) in [7, 11) is 3.12. The Morgan fingerprint density at radius 3 is 2.11 bits per heavy atom. The molecule has 0 fully saturated rings. The summed E-state index contributed by atoms with van der Waals surface area (Å²) in [6.07, 6.45) is -4.29. The van der Waals surface area contributed by atoms with Gasteiger partial charge in [-0.15, -0.1) is 0 Å². The maximum atomic E-state index is 12.2. The van der Waals surface area contributed by atoms with E-state index in [1.165, 1.54) is 4.90 Å². The van der Waals surface area contributed by atoms with Crippen LogP contribution in [0.25, 0.3) is 5.70 Å². The lowest BCUT2D eigenvalue weighted by Gasteiger charge is -2.17. The molecule has 0 N–H and O–H groups in total. The lowest BCUT2D eigenvalue weighted by molar-refractivity contribution is -0.165. The van der Waals surface area contributed by atoms with Gasteiger partial charge < -0.3 is 4.90 Å². The first-order valence-corrected chi connectivity index (χ1v) is 5.35. The molecule has 98 valence electrons.